The molecule has 3 N–H and O–H groups in total. The fourth-order valence-electron chi connectivity index (χ4n) is 1.54. The number of aromatic nitrogens is 2. The summed E-state index contributed by atoms with van der Waals surface area (Å²) in [7, 11) is 0. The van der Waals surface area contributed by atoms with Crippen LogP contribution in [-0.2, 0) is 6.54 Å². The van der Waals surface area contributed by atoms with Gasteiger partial charge in [-0.2, -0.15) is 5.10 Å². The minimum Gasteiger partial charge on any atom is -0.398 e. The molecule has 1 amide bonds. The van der Waals surface area contributed by atoms with Crippen LogP contribution in [0.5, 0.6) is 0 Å². The highest BCUT2D eigenvalue weighted by atomic mass is 35.5. The van der Waals surface area contributed by atoms with E-state index in [1.807, 2.05) is 6.92 Å². The van der Waals surface area contributed by atoms with Crippen LogP contribution in [0.1, 0.15) is 17.3 Å². The second-order valence-electron chi connectivity index (χ2n) is 3.77. The fraction of sp³-hybridized carbons (Fsp3) is 0.167. The summed E-state index contributed by atoms with van der Waals surface area (Å²) in [6, 6.07) is 4.77. The van der Waals surface area contributed by atoms with Crippen molar-refractivity contribution in [2.75, 3.05) is 11.1 Å². The Kier molecular flexibility index (Phi) is 3.53. The van der Waals surface area contributed by atoms with Crippen LogP contribution < -0.4 is 11.1 Å². The third-order valence-corrected chi connectivity index (χ3v) is 2.71. The van der Waals surface area contributed by atoms with Gasteiger partial charge in [-0.3, -0.25) is 9.48 Å². The van der Waals surface area contributed by atoms with E-state index in [-0.39, 0.29) is 5.91 Å². The molecule has 0 radical (unpaired) electrons. The number of amides is 1. The largest absolute Gasteiger partial charge is 0.398 e. The van der Waals surface area contributed by atoms with Gasteiger partial charge >= 0.3 is 0 Å². The molecule has 0 fully saturated rings. The van der Waals surface area contributed by atoms with E-state index in [1.165, 1.54) is 0 Å². The van der Waals surface area contributed by atoms with Gasteiger partial charge in [0.05, 0.1) is 17.4 Å². The van der Waals surface area contributed by atoms with Crippen LogP contribution in [0.2, 0.25) is 5.02 Å². The first kappa shape index (κ1) is 12.4. The number of halogens is 1. The van der Waals surface area contributed by atoms with E-state index in [9.17, 15) is 4.79 Å². The van der Waals surface area contributed by atoms with Crippen molar-refractivity contribution in [3.05, 3.63) is 41.2 Å². The lowest BCUT2D eigenvalue weighted by Gasteiger charge is -2.05. The fourth-order valence-corrected chi connectivity index (χ4v) is 1.72. The van der Waals surface area contributed by atoms with Gasteiger partial charge in [-0.15, -0.1) is 0 Å². The standard InChI is InChI=1S/C12H13ClN4O/c1-2-17-7-9(6-15-17)16-12(18)10-4-3-8(13)5-11(10)14/h3-7H,2,14H2,1H3,(H,16,18). The SMILES string of the molecule is CCn1cc(NC(=O)c2ccc(Cl)cc2N)cn1. The highest BCUT2D eigenvalue weighted by Crippen LogP contribution is 2.19. The molecule has 0 unspecified atom stereocenters. The average Bonchev–Trinajstić information content (AvgIpc) is 2.76. The normalized spacial score (nSPS) is 10.3. The van der Waals surface area contributed by atoms with E-state index in [0.29, 0.717) is 22.0 Å². The number of nitrogens with one attached hydrogen (secondary N) is 1. The Morgan fingerprint density at radius 3 is 2.94 bits per heavy atom. The first-order valence-electron chi connectivity index (χ1n) is 5.49. The summed E-state index contributed by atoms with van der Waals surface area (Å²) in [6.07, 6.45) is 3.34. The topological polar surface area (TPSA) is 72.9 Å². The van der Waals surface area contributed by atoms with Crippen LogP contribution in [0, 0.1) is 0 Å². The number of aryl methyl sites for hydroxylation is 1. The van der Waals surface area contributed by atoms with E-state index in [0.717, 1.165) is 6.54 Å². The Labute approximate surface area is 110 Å². The predicted molar refractivity (Wildman–Crippen MR) is 71.7 cm³/mol. The molecular formula is C12H13ClN4O. The van der Waals surface area contributed by atoms with Gasteiger partial charge in [0.25, 0.3) is 5.91 Å². The molecule has 6 heteroatoms. The monoisotopic (exact) mass is 264 g/mol. The quantitative estimate of drug-likeness (QED) is 0.836. The van der Waals surface area contributed by atoms with E-state index >= 15 is 0 Å². The second-order valence-corrected chi connectivity index (χ2v) is 4.21. The van der Waals surface area contributed by atoms with Crippen molar-refractivity contribution in [3.63, 3.8) is 0 Å². The van der Waals surface area contributed by atoms with Crippen molar-refractivity contribution in [1.29, 1.82) is 0 Å². The molecule has 2 rings (SSSR count). The number of rotatable bonds is 3. The zero-order chi connectivity index (χ0) is 13.1. The molecule has 1 aromatic heterocycles. The molecule has 0 aliphatic rings. The number of nitrogen functional groups attached to an aromatic ring is 1. The molecule has 0 saturated carbocycles. The van der Waals surface area contributed by atoms with Gasteiger partial charge < -0.3 is 11.1 Å². The van der Waals surface area contributed by atoms with Crippen LogP contribution >= 0.6 is 11.6 Å². The Balaban J connectivity index is 2.16. The number of hydrogen-bond acceptors (Lipinski definition) is 3. The van der Waals surface area contributed by atoms with Crippen LogP contribution in [-0.4, -0.2) is 15.7 Å². The molecule has 0 aliphatic heterocycles. The summed E-state index contributed by atoms with van der Waals surface area (Å²) in [5.74, 6) is -0.278. The van der Waals surface area contributed by atoms with Gasteiger partial charge in [0, 0.05) is 23.5 Å². The van der Waals surface area contributed by atoms with Gasteiger partial charge in [-0.05, 0) is 25.1 Å². The van der Waals surface area contributed by atoms with E-state index < -0.39 is 0 Å². The molecule has 5 nitrogen and oxygen atoms in total. The molecular weight excluding hydrogens is 252 g/mol. The Morgan fingerprint density at radius 2 is 2.33 bits per heavy atom. The molecule has 1 aromatic carbocycles. The highest BCUT2D eigenvalue weighted by Gasteiger charge is 2.11. The number of nitrogens with two attached hydrogens (primary N) is 1. The maximum atomic E-state index is 12.0. The smallest absolute Gasteiger partial charge is 0.257 e. The molecule has 0 saturated heterocycles. The zero-order valence-electron chi connectivity index (χ0n) is 9.85. The number of nitrogens with zero attached hydrogens (tertiary/aromatic N) is 2. The maximum Gasteiger partial charge on any atom is 0.257 e. The first-order chi connectivity index (χ1) is 8.60. The van der Waals surface area contributed by atoms with Crippen molar-refractivity contribution < 1.29 is 4.79 Å². The number of anilines is 2. The summed E-state index contributed by atoms with van der Waals surface area (Å²) in [5.41, 5.74) is 7.12. The number of hydrogen-bond donors (Lipinski definition) is 2. The number of benzene rings is 1. The molecule has 0 spiro atoms. The molecule has 94 valence electrons. The van der Waals surface area contributed by atoms with Gasteiger partial charge in [0.2, 0.25) is 0 Å². The zero-order valence-corrected chi connectivity index (χ0v) is 10.6. The molecule has 2 aromatic rings. The van der Waals surface area contributed by atoms with Crippen LogP contribution in [0.25, 0.3) is 0 Å². The summed E-state index contributed by atoms with van der Waals surface area (Å²) in [4.78, 5) is 12.0. The number of carbonyl (C=O) groups excluding carboxylic acids is 1. The Bertz CT molecular complexity index is 579. The third-order valence-electron chi connectivity index (χ3n) is 2.47. The van der Waals surface area contributed by atoms with Crippen molar-refractivity contribution in [1.82, 2.24) is 9.78 Å². The van der Waals surface area contributed by atoms with Crippen LogP contribution in [0.3, 0.4) is 0 Å². The Morgan fingerprint density at radius 1 is 1.56 bits per heavy atom. The van der Waals surface area contributed by atoms with Crippen LogP contribution in [0.4, 0.5) is 11.4 Å². The molecule has 0 aliphatic carbocycles. The summed E-state index contributed by atoms with van der Waals surface area (Å²) >= 11 is 5.78. The predicted octanol–water partition coefficient (Wildman–Crippen LogP) is 2.39. The summed E-state index contributed by atoms with van der Waals surface area (Å²) in [6.45, 7) is 2.72. The van der Waals surface area contributed by atoms with E-state index in [4.69, 9.17) is 17.3 Å². The van der Waals surface area contributed by atoms with Crippen molar-refractivity contribution >= 4 is 28.9 Å². The van der Waals surface area contributed by atoms with Crippen LogP contribution in [0.15, 0.2) is 30.6 Å². The van der Waals surface area contributed by atoms with E-state index in [1.54, 1.807) is 35.3 Å². The van der Waals surface area contributed by atoms with E-state index in [2.05, 4.69) is 10.4 Å². The lowest BCUT2D eigenvalue weighted by atomic mass is 10.1. The minimum absolute atomic E-state index is 0.278. The minimum atomic E-state index is -0.278. The summed E-state index contributed by atoms with van der Waals surface area (Å²) in [5, 5.41) is 7.30. The lowest BCUT2D eigenvalue weighted by Crippen LogP contribution is -2.13. The molecule has 0 atom stereocenters. The molecule has 1 heterocycles. The van der Waals surface area contributed by atoms with Gasteiger partial charge in [0.15, 0.2) is 0 Å². The molecule has 0 bridgehead atoms. The van der Waals surface area contributed by atoms with Gasteiger partial charge in [-0.1, -0.05) is 11.6 Å². The van der Waals surface area contributed by atoms with Crippen molar-refractivity contribution in [3.8, 4) is 0 Å². The van der Waals surface area contributed by atoms with Gasteiger partial charge in [0.1, 0.15) is 0 Å². The maximum absolute atomic E-state index is 12.0. The van der Waals surface area contributed by atoms with Gasteiger partial charge in [-0.25, -0.2) is 0 Å². The number of carbonyl (C=O) groups is 1. The lowest BCUT2D eigenvalue weighted by molar-refractivity contribution is 0.102. The molecule has 18 heavy (non-hydrogen) atoms. The summed E-state index contributed by atoms with van der Waals surface area (Å²) < 4.78 is 1.72. The Hall–Kier alpha value is -2.01. The average molecular weight is 265 g/mol. The third kappa shape index (κ3) is 2.62. The van der Waals surface area contributed by atoms with Crippen molar-refractivity contribution in [2.24, 2.45) is 0 Å². The van der Waals surface area contributed by atoms with Crippen molar-refractivity contribution in [2.45, 2.75) is 13.5 Å². The second kappa shape index (κ2) is 5.10. The highest BCUT2D eigenvalue weighted by molar-refractivity contribution is 6.31. The first-order valence-corrected chi connectivity index (χ1v) is 5.86.